The molecule has 0 saturated carbocycles. The number of rotatable bonds is 4. The average Bonchev–Trinajstić information content (AvgIpc) is 3.08. The molecule has 1 aliphatic heterocycles. The SMILES string of the molecule is O=C(O)[C@H]1CC(=O)N(c2nnc(Cc3ccc(Cl)cc3)s2)C1. The summed E-state index contributed by atoms with van der Waals surface area (Å²) in [5, 5.41) is 19.0. The molecule has 0 radical (unpaired) electrons. The van der Waals surface area contributed by atoms with E-state index in [9.17, 15) is 9.59 Å². The Morgan fingerprint density at radius 2 is 2.09 bits per heavy atom. The standard InChI is InChI=1S/C14H12ClN3O3S/c15-10-3-1-8(2-4-10)5-11-16-17-14(22-11)18-7-9(13(20)21)6-12(18)19/h1-4,9H,5-7H2,(H,20,21)/t9-/m0/s1. The molecule has 1 aromatic heterocycles. The first kappa shape index (κ1) is 14.9. The minimum absolute atomic E-state index is 0.0153. The number of anilines is 1. The van der Waals surface area contributed by atoms with Gasteiger partial charge in [-0.15, -0.1) is 10.2 Å². The van der Waals surface area contributed by atoms with Gasteiger partial charge in [-0.2, -0.15) is 0 Å². The summed E-state index contributed by atoms with van der Waals surface area (Å²) in [5.74, 6) is -1.85. The number of aromatic nitrogens is 2. The summed E-state index contributed by atoms with van der Waals surface area (Å²) in [4.78, 5) is 24.3. The van der Waals surface area contributed by atoms with Crippen LogP contribution in [0.4, 0.5) is 5.13 Å². The van der Waals surface area contributed by atoms with Crippen LogP contribution in [0.1, 0.15) is 17.0 Å². The fourth-order valence-electron chi connectivity index (χ4n) is 2.26. The van der Waals surface area contributed by atoms with Gasteiger partial charge in [0.1, 0.15) is 5.01 Å². The second-order valence-corrected chi connectivity index (χ2v) is 6.50. The highest BCUT2D eigenvalue weighted by molar-refractivity contribution is 7.15. The molecular weight excluding hydrogens is 326 g/mol. The number of benzene rings is 1. The fraction of sp³-hybridized carbons (Fsp3) is 0.286. The van der Waals surface area contributed by atoms with Crippen LogP contribution in [0, 0.1) is 5.92 Å². The summed E-state index contributed by atoms with van der Waals surface area (Å²) in [6.07, 6.45) is 0.612. The van der Waals surface area contributed by atoms with Gasteiger partial charge in [-0.25, -0.2) is 0 Å². The summed E-state index contributed by atoms with van der Waals surface area (Å²) >= 11 is 7.15. The van der Waals surface area contributed by atoms with Crippen LogP contribution in [-0.2, 0) is 16.0 Å². The maximum Gasteiger partial charge on any atom is 0.308 e. The van der Waals surface area contributed by atoms with Crippen molar-refractivity contribution in [2.45, 2.75) is 12.8 Å². The lowest BCUT2D eigenvalue weighted by atomic mass is 10.1. The molecule has 2 heterocycles. The monoisotopic (exact) mass is 337 g/mol. The number of hydrogen-bond donors (Lipinski definition) is 1. The number of carbonyl (C=O) groups is 2. The summed E-state index contributed by atoms with van der Waals surface area (Å²) in [6.45, 7) is 0.156. The number of carboxylic acids is 1. The molecule has 3 rings (SSSR count). The van der Waals surface area contributed by atoms with Gasteiger partial charge in [-0.3, -0.25) is 14.5 Å². The van der Waals surface area contributed by atoms with Crippen LogP contribution < -0.4 is 4.90 Å². The van der Waals surface area contributed by atoms with Crippen molar-refractivity contribution >= 4 is 39.9 Å². The molecule has 6 nitrogen and oxygen atoms in total. The number of hydrogen-bond acceptors (Lipinski definition) is 5. The lowest BCUT2D eigenvalue weighted by Gasteiger charge is -2.10. The van der Waals surface area contributed by atoms with Gasteiger partial charge in [-0.1, -0.05) is 35.1 Å². The molecule has 1 N–H and O–H groups in total. The van der Waals surface area contributed by atoms with Gasteiger partial charge in [0.05, 0.1) is 5.92 Å². The third kappa shape index (κ3) is 3.10. The highest BCUT2D eigenvalue weighted by atomic mass is 35.5. The Hall–Kier alpha value is -1.99. The number of amides is 1. The Morgan fingerprint density at radius 3 is 2.73 bits per heavy atom. The Bertz CT molecular complexity index is 716. The molecule has 1 aromatic carbocycles. The lowest BCUT2D eigenvalue weighted by molar-refractivity contribution is -0.141. The number of carboxylic acid groups (broad SMARTS) is 1. The van der Waals surface area contributed by atoms with Gasteiger partial charge in [0.2, 0.25) is 11.0 Å². The fourth-order valence-corrected chi connectivity index (χ4v) is 3.29. The molecule has 0 aliphatic carbocycles. The molecule has 0 bridgehead atoms. The van der Waals surface area contributed by atoms with E-state index in [-0.39, 0.29) is 18.9 Å². The van der Waals surface area contributed by atoms with Crippen LogP contribution in [0.3, 0.4) is 0 Å². The summed E-state index contributed by atoms with van der Waals surface area (Å²) in [5.41, 5.74) is 1.04. The Morgan fingerprint density at radius 1 is 1.36 bits per heavy atom. The van der Waals surface area contributed by atoms with E-state index in [1.807, 2.05) is 12.1 Å². The van der Waals surface area contributed by atoms with Crippen molar-refractivity contribution in [1.29, 1.82) is 0 Å². The molecule has 1 atom stereocenters. The number of halogens is 1. The Labute approximate surface area is 135 Å². The van der Waals surface area contributed by atoms with E-state index < -0.39 is 11.9 Å². The van der Waals surface area contributed by atoms with E-state index in [1.165, 1.54) is 16.2 Å². The largest absolute Gasteiger partial charge is 0.481 e. The smallest absolute Gasteiger partial charge is 0.308 e. The highest BCUT2D eigenvalue weighted by Crippen LogP contribution is 2.28. The molecule has 1 fully saturated rings. The topological polar surface area (TPSA) is 83.4 Å². The number of nitrogens with zero attached hydrogens (tertiary/aromatic N) is 3. The molecule has 8 heteroatoms. The van der Waals surface area contributed by atoms with Gasteiger partial charge in [0.15, 0.2) is 0 Å². The van der Waals surface area contributed by atoms with E-state index in [4.69, 9.17) is 16.7 Å². The van der Waals surface area contributed by atoms with Gasteiger partial charge in [0.25, 0.3) is 0 Å². The predicted octanol–water partition coefficient (Wildman–Crippen LogP) is 2.22. The zero-order valence-corrected chi connectivity index (χ0v) is 13.0. The number of carbonyl (C=O) groups excluding carboxylic acids is 1. The number of aliphatic carboxylic acids is 1. The minimum atomic E-state index is -0.957. The van der Waals surface area contributed by atoms with Gasteiger partial charge < -0.3 is 5.11 Å². The quantitative estimate of drug-likeness (QED) is 0.924. The maximum absolute atomic E-state index is 11.9. The highest BCUT2D eigenvalue weighted by Gasteiger charge is 2.36. The Balaban J connectivity index is 1.72. The van der Waals surface area contributed by atoms with Gasteiger partial charge in [-0.05, 0) is 17.7 Å². The molecule has 1 saturated heterocycles. The summed E-state index contributed by atoms with van der Waals surface area (Å²) < 4.78 is 0. The van der Waals surface area contributed by atoms with Crippen molar-refractivity contribution in [3.05, 3.63) is 39.9 Å². The van der Waals surface area contributed by atoms with Crippen LogP contribution in [0.25, 0.3) is 0 Å². The Kier molecular flexibility index (Phi) is 4.08. The lowest BCUT2D eigenvalue weighted by Crippen LogP contribution is -2.25. The third-order valence-electron chi connectivity index (χ3n) is 3.43. The van der Waals surface area contributed by atoms with Crippen molar-refractivity contribution in [2.75, 3.05) is 11.4 Å². The molecule has 22 heavy (non-hydrogen) atoms. The normalized spacial score (nSPS) is 18.0. The van der Waals surface area contributed by atoms with E-state index in [2.05, 4.69) is 10.2 Å². The van der Waals surface area contributed by atoms with E-state index in [0.29, 0.717) is 16.6 Å². The average molecular weight is 338 g/mol. The molecule has 0 spiro atoms. The van der Waals surface area contributed by atoms with Crippen molar-refractivity contribution in [3.63, 3.8) is 0 Å². The van der Waals surface area contributed by atoms with Crippen LogP contribution in [-0.4, -0.2) is 33.7 Å². The zero-order chi connectivity index (χ0) is 15.7. The first-order valence-corrected chi connectivity index (χ1v) is 7.82. The van der Waals surface area contributed by atoms with Gasteiger partial charge in [0, 0.05) is 24.4 Å². The molecular formula is C14H12ClN3O3S. The summed E-state index contributed by atoms with van der Waals surface area (Å²) in [6, 6.07) is 7.43. The first-order chi connectivity index (χ1) is 10.5. The van der Waals surface area contributed by atoms with Crippen LogP contribution in [0.15, 0.2) is 24.3 Å². The molecule has 0 unspecified atom stereocenters. The molecule has 1 amide bonds. The van der Waals surface area contributed by atoms with Crippen molar-refractivity contribution in [3.8, 4) is 0 Å². The second-order valence-electron chi connectivity index (χ2n) is 5.03. The van der Waals surface area contributed by atoms with E-state index in [1.54, 1.807) is 12.1 Å². The van der Waals surface area contributed by atoms with Crippen LogP contribution >= 0.6 is 22.9 Å². The van der Waals surface area contributed by atoms with Crippen molar-refractivity contribution in [1.82, 2.24) is 10.2 Å². The second kappa shape index (κ2) is 6.02. The van der Waals surface area contributed by atoms with E-state index in [0.717, 1.165) is 10.6 Å². The zero-order valence-electron chi connectivity index (χ0n) is 11.4. The third-order valence-corrected chi connectivity index (χ3v) is 4.63. The minimum Gasteiger partial charge on any atom is -0.481 e. The first-order valence-electron chi connectivity index (χ1n) is 6.63. The van der Waals surface area contributed by atoms with E-state index >= 15 is 0 Å². The van der Waals surface area contributed by atoms with Crippen LogP contribution in [0.5, 0.6) is 0 Å². The maximum atomic E-state index is 11.9. The van der Waals surface area contributed by atoms with Crippen LogP contribution in [0.2, 0.25) is 5.02 Å². The van der Waals surface area contributed by atoms with Gasteiger partial charge >= 0.3 is 5.97 Å². The summed E-state index contributed by atoms with van der Waals surface area (Å²) in [7, 11) is 0. The molecule has 1 aliphatic rings. The predicted molar refractivity (Wildman–Crippen MR) is 82.3 cm³/mol. The van der Waals surface area contributed by atoms with Crippen molar-refractivity contribution in [2.24, 2.45) is 5.92 Å². The molecule has 114 valence electrons. The van der Waals surface area contributed by atoms with Crippen molar-refractivity contribution < 1.29 is 14.7 Å². The molecule has 2 aromatic rings.